The highest BCUT2D eigenvalue weighted by molar-refractivity contribution is 7.89. The molecule has 5 heteroatoms. The number of nitrogens with two attached hydrogens (primary N) is 1. The molecule has 0 rings (SSSR count). The lowest BCUT2D eigenvalue weighted by atomic mass is 10.1. The van der Waals surface area contributed by atoms with Crippen molar-refractivity contribution in [1.29, 1.82) is 0 Å². The third-order valence-electron chi connectivity index (χ3n) is 1.57. The van der Waals surface area contributed by atoms with Gasteiger partial charge in [0, 0.05) is 7.11 Å². The quantitative estimate of drug-likeness (QED) is 0.664. The lowest BCUT2D eigenvalue weighted by Crippen LogP contribution is -2.25. The SMILES string of the molecule is CCCC(COC)CS(N)(=O)=O. The van der Waals surface area contributed by atoms with Crippen molar-refractivity contribution in [2.75, 3.05) is 19.5 Å². The van der Waals surface area contributed by atoms with E-state index in [2.05, 4.69) is 0 Å². The molecule has 1 unspecified atom stereocenters. The summed E-state index contributed by atoms with van der Waals surface area (Å²) in [6.07, 6.45) is 1.79. The first-order valence-electron chi connectivity index (χ1n) is 3.99. The Labute approximate surface area is 74.1 Å². The molecule has 4 nitrogen and oxygen atoms in total. The van der Waals surface area contributed by atoms with Crippen LogP contribution in [0.2, 0.25) is 0 Å². The standard InChI is InChI=1S/C7H17NO3S/c1-3-4-7(5-11-2)6-12(8,9)10/h7H,3-6H2,1-2H3,(H2,8,9,10). The number of rotatable bonds is 6. The van der Waals surface area contributed by atoms with Crippen LogP contribution in [-0.4, -0.2) is 27.9 Å². The minimum absolute atomic E-state index is 0.0225. The van der Waals surface area contributed by atoms with E-state index in [0.717, 1.165) is 12.8 Å². The summed E-state index contributed by atoms with van der Waals surface area (Å²) >= 11 is 0. The van der Waals surface area contributed by atoms with Gasteiger partial charge in [-0.15, -0.1) is 0 Å². The first kappa shape index (κ1) is 11.9. The van der Waals surface area contributed by atoms with Gasteiger partial charge >= 0.3 is 0 Å². The molecule has 0 heterocycles. The summed E-state index contributed by atoms with van der Waals surface area (Å²) < 4.78 is 26.3. The molecule has 0 aliphatic rings. The summed E-state index contributed by atoms with van der Waals surface area (Å²) in [4.78, 5) is 0. The summed E-state index contributed by atoms with van der Waals surface area (Å²) in [5.74, 6) is 0.0595. The fourth-order valence-corrected chi connectivity index (χ4v) is 2.11. The molecule has 0 saturated heterocycles. The average molecular weight is 195 g/mol. The molecular formula is C7H17NO3S. The van der Waals surface area contributed by atoms with E-state index in [4.69, 9.17) is 9.88 Å². The van der Waals surface area contributed by atoms with Crippen LogP contribution in [-0.2, 0) is 14.8 Å². The molecule has 0 spiro atoms. The monoisotopic (exact) mass is 195 g/mol. The fourth-order valence-electron chi connectivity index (χ4n) is 1.19. The number of methoxy groups -OCH3 is 1. The van der Waals surface area contributed by atoms with Gasteiger partial charge in [-0.1, -0.05) is 13.3 Å². The van der Waals surface area contributed by atoms with Crippen molar-refractivity contribution in [2.45, 2.75) is 19.8 Å². The maximum absolute atomic E-state index is 10.7. The van der Waals surface area contributed by atoms with Gasteiger partial charge < -0.3 is 4.74 Å². The first-order valence-corrected chi connectivity index (χ1v) is 5.70. The highest BCUT2D eigenvalue weighted by atomic mass is 32.2. The Morgan fingerprint density at radius 2 is 2.08 bits per heavy atom. The zero-order valence-corrected chi connectivity index (χ0v) is 8.43. The predicted octanol–water partition coefficient (Wildman–Crippen LogP) is 0.338. The largest absolute Gasteiger partial charge is 0.384 e. The van der Waals surface area contributed by atoms with E-state index < -0.39 is 10.0 Å². The molecule has 0 aromatic rings. The molecule has 0 saturated carbocycles. The third-order valence-corrected chi connectivity index (χ3v) is 2.50. The summed E-state index contributed by atoms with van der Waals surface area (Å²) in [6.45, 7) is 2.47. The zero-order chi connectivity index (χ0) is 9.61. The molecule has 12 heavy (non-hydrogen) atoms. The van der Waals surface area contributed by atoms with E-state index in [9.17, 15) is 8.42 Å². The van der Waals surface area contributed by atoms with Gasteiger partial charge in [-0.3, -0.25) is 0 Å². The van der Waals surface area contributed by atoms with Crippen LogP contribution in [0.1, 0.15) is 19.8 Å². The second-order valence-electron chi connectivity index (χ2n) is 2.94. The number of primary sulfonamides is 1. The fraction of sp³-hybridized carbons (Fsp3) is 1.00. The third kappa shape index (κ3) is 6.57. The van der Waals surface area contributed by atoms with Crippen molar-refractivity contribution in [1.82, 2.24) is 0 Å². The molecule has 2 N–H and O–H groups in total. The van der Waals surface area contributed by atoms with Crippen LogP contribution in [0.25, 0.3) is 0 Å². The lowest BCUT2D eigenvalue weighted by Gasteiger charge is -2.12. The Kier molecular flexibility index (Phi) is 5.44. The average Bonchev–Trinajstić information content (AvgIpc) is 1.84. The second kappa shape index (κ2) is 5.50. The van der Waals surface area contributed by atoms with Crippen LogP contribution in [0.15, 0.2) is 0 Å². The Hall–Kier alpha value is -0.130. The number of sulfonamides is 1. The van der Waals surface area contributed by atoms with Crippen LogP contribution in [0.4, 0.5) is 0 Å². The summed E-state index contributed by atoms with van der Waals surface area (Å²) in [6, 6.07) is 0. The molecule has 1 atom stereocenters. The van der Waals surface area contributed by atoms with E-state index in [-0.39, 0.29) is 11.7 Å². The van der Waals surface area contributed by atoms with Crippen LogP contribution in [0.5, 0.6) is 0 Å². The molecule has 0 aliphatic heterocycles. The Bertz CT molecular complexity index is 195. The van der Waals surface area contributed by atoms with E-state index in [1.54, 1.807) is 7.11 Å². The van der Waals surface area contributed by atoms with E-state index in [0.29, 0.717) is 6.61 Å². The minimum atomic E-state index is -3.35. The van der Waals surface area contributed by atoms with Crippen molar-refractivity contribution in [2.24, 2.45) is 11.1 Å². The van der Waals surface area contributed by atoms with Crippen molar-refractivity contribution in [3.63, 3.8) is 0 Å². The van der Waals surface area contributed by atoms with Crippen molar-refractivity contribution < 1.29 is 13.2 Å². The topological polar surface area (TPSA) is 69.4 Å². The van der Waals surface area contributed by atoms with Crippen LogP contribution < -0.4 is 5.14 Å². The molecule has 0 aromatic carbocycles. The van der Waals surface area contributed by atoms with Crippen molar-refractivity contribution in [3.05, 3.63) is 0 Å². The van der Waals surface area contributed by atoms with Gasteiger partial charge in [-0.2, -0.15) is 0 Å². The molecule has 0 aromatic heterocycles. The van der Waals surface area contributed by atoms with E-state index >= 15 is 0 Å². The molecule has 0 fully saturated rings. The molecular weight excluding hydrogens is 178 g/mol. The van der Waals surface area contributed by atoms with Gasteiger partial charge in [0.1, 0.15) is 0 Å². The van der Waals surface area contributed by atoms with Gasteiger partial charge in [0.25, 0.3) is 0 Å². The van der Waals surface area contributed by atoms with Crippen molar-refractivity contribution in [3.8, 4) is 0 Å². The number of hydrogen-bond donors (Lipinski definition) is 1. The van der Waals surface area contributed by atoms with Gasteiger partial charge in [0.05, 0.1) is 12.4 Å². The molecule has 0 bridgehead atoms. The molecule has 0 radical (unpaired) electrons. The summed E-state index contributed by atoms with van der Waals surface area (Å²) in [5, 5.41) is 4.91. The molecule has 0 amide bonds. The number of ether oxygens (including phenoxy) is 1. The summed E-state index contributed by atoms with van der Waals surface area (Å²) in [7, 11) is -1.79. The molecule has 74 valence electrons. The van der Waals surface area contributed by atoms with Crippen LogP contribution in [0, 0.1) is 5.92 Å². The normalized spacial score (nSPS) is 14.6. The van der Waals surface area contributed by atoms with Crippen LogP contribution >= 0.6 is 0 Å². The second-order valence-corrected chi connectivity index (χ2v) is 4.60. The first-order chi connectivity index (χ1) is 5.49. The zero-order valence-electron chi connectivity index (χ0n) is 7.62. The lowest BCUT2D eigenvalue weighted by molar-refractivity contribution is 0.156. The summed E-state index contributed by atoms with van der Waals surface area (Å²) in [5.41, 5.74) is 0. The Balaban J connectivity index is 3.95. The highest BCUT2D eigenvalue weighted by Crippen LogP contribution is 2.08. The maximum Gasteiger partial charge on any atom is 0.209 e. The Morgan fingerprint density at radius 1 is 1.50 bits per heavy atom. The number of hydrogen-bond acceptors (Lipinski definition) is 3. The van der Waals surface area contributed by atoms with Crippen molar-refractivity contribution >= 4 is 10.0 Å². The molecule has 0 aliphatic carbocycles. The predicted molar refractivity (Wildman–Crippen MR) is 48.2 cm³/mol. The van der Waals surface area contributed by atoms with E-state index in [1.165, 1.54) is 0 Å². The minimum Gasteiger partial charge on any atom is -0.384 e. The Morgan fingerprint density at radius 3 is 2.42 bits per heavy atom. The smallest absolute Gasteiger partial charge is 0.209 e. The van der Waals surface area contributed by atoms with Crippen LogP contribution in [0.3, 0.4) is 0 Å². The highest BCUT2D eigenvalue weighted by Gasteiger charge is 2.14. The van der Waals surface area contributed by atoms with Gasteiger partial charge in [-0.05, 0) is 12.3 Å². The van der Waals surface area contributed by atoms with Gasteiger partial charge in [0.2, 0.25) is 10.0 Å². The van der Waals surface area contributed by atoms with Gasteiger partial charge in [0.15, 0.2) is 0 Å². The van der Waals surface area contributed by atoms with Gasteiger partial charge in [-0.25, -0.2) is 13.6 Å². The maximum atomic E-state index is 10.7. The van der Waals surface area contributed by atoms with E-state index in [1.807, 2.05) is 6.92 Å².